The van der Waals surface area contributed by atoms with Crippen molar-refractivity contribution in [1.29, 1.82) is 0 Å². The molecular formula is C25H25NO7. The Morgan fingerprint density at radius 3 is 2.00 bits per heavy atom. The zero-order valence-electron chi connectivity index (χ0n) is 18.5. The molecule has 2 aromatic carbocycles. The van der Waals surface area contributed by atoms with Crippen LogP contribution in [0.2, 0.25) is 0 Å². The highest BCUT2D eigenvalue weighted by Crippen LogP contribution is 2.45. The average molecular weight is 451 g/mol. The van der Waals surface area contributed by atoms with Gasteiger partial charge >= 0.3 is 17.9 Å². The van der Waals surface area contributed by atoms with E-state index >= 15 is 0 Å². The molecule has 1 aliphatic heterocycles. The molecule has 2 aromatic rings. The third-order valence-electron chi connectivity index (χ3n) is 5.77. The molecule has 0 amide bonds. The second-order valence-corrected chi connectivity index (χ2v) is 7.52. The van der Waals surface area contributed by atoms with Gasteiger partial charge in [0.2, 0.25) is 5.78 Å². The van der Waals surface area contributed by atoms with E-state index in [0.717, 1.165) is 12.7 Å². The average Bonchev–Trinajstić information content (AvgIpc) is 3.23. The lowest BCUT2D eigenvalue weighted by molar-refractivity contribution is -0.157. The molecular weight excluding hydrogens is 426 g/mol. The highest BCUT2D eigenvalue weighted by Gasteiger charge is 2.63. The number of rotatable bonds is 7. The molecule has 0 saturated carbocycles. The second kappa shape index (κ2) is 10.2. The summed E-state index contributed by atoms with van der Waals surface area (Å²) in [5, 5.41) is 2.97. The van der Waals surface area contributed by atoms with Crippen LogP contribution in [0.5, 0.6) is 0 Å². The van der Waals surface area contributed by atoms with Crippen LogP contribution in [-0.2, 0) is 33.4 Å². The van der Waals surface area contributed by atoms with E-state index in [0.29, 0.717) is 5.56 Å². The Balaban J connectivity index is 2.26. The number of hydrogen-bond acceptors (Lipinski definition) is 8. The van der Waals surface area contributed by atoms with Gasteiger partial charge in [-0.25, -0.2) is 9.59 Å². The fourth-order valence-corrected chi connectivity index (χ4v) is 4.27. The lowest BCUT2D eigenvalue weighted by Crippen LogP contribution is -2.56. The zero-order chi connectivity index (χ0) is 24.0. The highest BCUT2D eigenvalue weighted by atomic mass is 16.5. The minimum Gasteiger partial charge on any atom is -0.468 e. The van der Waals surface area contributed by atoms with E-state index in [4.69, 9.17) is 14.2 Å². The quantitative estimate of drug-likeness (QED) is 0.386. The molecule has 0 aromatic heterocycles. The molecule has 0 radical (unpaired) electrons. The van der Waals surface area contributed by atoms with Crippen LogP contribution in [-0.4, -0.2) is 56.6 Å². The molecule has 1 N–H and O–H groups in total. The molecule has 8 heteroatoms. The molecule has 3 rings (SSSR count). The predicted molar refractivity (Wildman–Crippen MR) is 119 cm³/mol. The van der Waals surface area contributed by atoms with Gasteiger partial charge in [-0.05, 0) is 11.1 Å². The van der Waals surface area contributed by atoms with E-state index in [2.05, 4.69) is 5.32 Å². The van der Waals surface area contributed by atoms with E-state index in [-0.39, 0.29) is 0 Å². The summed E-state index contributed by atoms with van der Waals surface area (Å²) >= 11 is 0. The second-order valence-electron chi connectivity index (χ2n) is 7.52. The maximum atomic E-state index is 13.4. The zero-order valence-corrected chi connectivity index (χ0v) is 18.5. The van der Waals surface area contributed by atoms with Crippen LogP contribution in [0.4, 0.5) is 0 Å². The van der Waals surface area contributed by atoms with Crippen molar-refractivity contribution in [1.82, 2.24) is 5.32 Å². The summed E-state index contributed by atoms with van der Waals surface area (Å²) in [4.78, 5) is 51.8. The summed E-state index contributed by atoms with van der Waals surface area (Å²) in [6.07, 6.45) is 3.09. The molecule has 4 atom stereocenters. The van der Waals surface area contributed by atoms with Crippen LogP contribution < -0.4 is 5.32 Å². The van der Waals surface area contributed by atoms with Gasteiger partial charge in [-0.2, -0.15) is 0 Å². The van der Waals surface area contributed by atoms with Crippen molar-refractivity contribution >= 4 is 29.8 Å². The first-order valence-corrected chi connectivity index (χ1v) is 10.2. The molecule has 0 unspecified atom stereocenters. The molecule has 0 spiro atoms. The summed E-state index contributed by atoms with van der Waals surface area (Å²) in [5.74, 6) is -5.87. The fraction of sp³-hybridized carbons (Fsp3) is 0.280. The molecule has 33 heavy (non-hydrogen) atoms. The van der Waals surface area contributed by atoms with Crippen LogP contribution in [0.3, 0.4) is 0 Å². The monoisotopic (exact) mass is 451 g/mol. The number of carbonyl (C=O) groups is 4. The summed E-state index contributed by atoms with van der Waals surface area (Å²) in [7, 11) is 3.46. The van der Waals surface area contributed by atoms with E-state index in [1.165, 1.54) is 20.3 Å². The smallest absolute Gasteiger partial charge is 0.374 e. The van der Waals surface area contributed by atoms with Gasteiger partial charge < -0.3 is 14.2 Å². The maximum absolute atomic E-state index is 13.4. The maximum Gasteiger partial charge on any atom is 0.374 e. The first-order valence-electron chi connectivity index (χ1n) is 10.2. The van der Waals surface area contributed by atoms with Gasteiger partial charge in [0.1, 0.15) is 11.6 Å². The van der Waals surface area contributed by atoms with Crippen molar-refractivity contribution in [3.05, 3.63) is 77.9 Å². The number of ketones is 1. The van der Waals surface area contributed by atoms with Gasteiger partial charge in [-0.15, -0.1) is 0 Å². The van der Waals surface area contributed by atoms with E-state index < -0.39 is 47.1 Å². The Hall–Kier alpha value is -3.78. The van der Waals surface area contributed by atoms with Gasteiger partial charge in [0.05, 0.1) is 27.2 Å². The van der Waals surface area contributed by atoms with Crippen molar-refractivity contribution in [3.8, 4) is 0 Å². The summed E-state index contributed by atoms with van der Waals surface area (Å²) < 4.78 is 14.7. The number of ether oxygens (including phenoxy) is 3. The lowest BCUT2D eigenvalue weighted by atomic mass is 9.72. The number of hydrogen-bond donors (Lipinski definition) is 1. The lowest BCUT2D eigenvalue weighted by Gasteiger charge is -2.30. The molecule has 0 bridgehead atoms. The van der Waals surface area contributed by atoms with Crippen molar-refractivity contribution in [2.75, 3.05) is 21.3 Å². The number of esters is 3. The molecule has 172 valence electrons. The standard InChI is InChI=1S/C25H25NO7/c1-31-22(28)20-18(17-12-8-5-9-13-17)19(21(27)23(29)32-2)25(26-20,24(30)33-3)15-14-16-10-6-4-7-11-16/h4-15,18-20,26H,1-3H3/b15-14+/t18-,19+,20-,25+/m1/s1. The van der Waals surface area contributed by atoms with Crippen LogP contribution in [0.1, 0.15) is 17.0 Å². The fourth-order valence-electron chi connectivity index (χ4n) is 4.27. The molecule has 8 nitrogen and oxygen atoms in total. The Bertz CT molecular complexity index is 1050. The summed E-state index contributed by atoms with van der Waals surface area (Å²) in [6.45, 7) is 0. The van der Waals surface area contributed by atoms with Gasteiger partial charge in [-0.1, -0.05) is 72.8 Å². The van der Waals surface area contributed by atoms with Crippen LogP contribution >= 0.6 is 0 Å². The van der Waals surface area contributed by atoms with Crippen LogP contribution in [0, 0.1) is 5.92 Å². The molecule has 0 aliphatic carbocycles. The van der Waals surface area contributed by atoms with Gasteiger partial charge in [-0.3, -0.25) is 14.9 Å². The summed E-state index contributed by atoms with van der Waals surface area (Å²) in [5.41, 5.74) is -0.527. The number of carbonyl (C=O) groups excluding carboxylic acids is 4. The number of nitrogens with one attached hydrogen (secondary N) is 1. The SMILES string of the molecule is COC(=O)C(=O)[C@@H]1[C@@H](c2ccccc2)[C@H](C(=O)OC)N[C@]1(/C=C/c1ccccc1)C(=O)OC. The Labute approximate surface area is 191 Å². The number of Topliss-reactive ketones (excluding diaryl/α,β-unsaturated/α-hetero) is 1. The van der Waals surface area contributed by atoms with Crippen LogP contribution in [0.15, 0.2) is 66.7 Å². The minimum atomic E-state index is -1.84. The Morgan fingerprint density at radius 1 is 0.848 bits per heavy atom. The number of methoxy groups -OCH3 is 3. The number of benzene rings is 2. The van der Waals surface area contributed by atoms with Crippen molar-refractivity contribution in [2.45, 2.75) is 17.5 Å². The van der Waals surface area contributed by atoms with Crippen molar-refractivity contribution < 1.29 is 33.4 Å². The summed E-state index contributed by atoms with van der Waals surface area (Å²) in [6, 6.07) is 16.6. The highest BCUT2D eigenvalue weighted by molar-refractivity contribution is 6.36. The van der Waals surface area contributed by atoms with E-state index in [9.17, 15) is 19.2 Å². The van der Waals surface area contributed by atoms with Crippen molar-refractivity contribution in [3.63, 3.8) is 0 Å². The van der Waals surface area contributed by atoms with Gasteiger partial charge in [0, 0.05) is 5.92 Å². The first kappa shape index (κ1) is 23.9. The third kappa shape index (κ3) is 4.56. The topological polar surface area (TPSA) is 108 Å². The molecule has 1 fully saturated rings. The Kier molecular flexibility index (Phi) is 7.40. The van der Waals surface area contributed by atoms with Crippen LogP contribution in [0.25, 0.3) is 6.08 Å². The predicted octanol–water partition coefficient (Wildman–Crippen LogP) is 1.90. The minimum absolute atomic E-state index is 0.571. The van der Waals surface area contributed by atoms with E-state index in [1.807, 2.05) is 18.2 Å². The third-order valence-corrected chi connectivity index (χ3v) is 5.77. The van der Waals surface area contributed by atoms with E-state index in [1.54, 1.807) is 48.5 Å². The first-order chi connectivity index (χ1) is 15.9. The largest absolute Gasteiger partial charge is 0.468 e. The van der Waals surface area contributed by atoms with Gasteiger partial charge in [0.25, 0.3) is 0 Å². The van der Waals surface area contributed by atoms with Crippen molar-refractivity contribution in [2.24, 2.45) is 5.92 Å². The normalized spacial score (nSPS) is 24.3. The van der Waals surface area contributed by atoms with Gasteiger partial charge in [0.15, 0.2) is 0 Å². The molecule has 1 saturated heterocycles. The molecule has 1 heterocycles. The molecule has 1 aliphatic rings. The Morgan fingerprint density at radius 2 is 1.45 bits per heavy atom.